The monoisotopic (exact) mass is 324 g/mol. The summed E-state index contributed by atoms with van der Waals surface area (Å²) in [7, 11) is 1.54. The molecule has 2 aromatic rings. The highest BCUT2D eigenvalue weighted by Crippen LogP contribution is 2.15. The zero-order chi connectivity index (χ0) is 17.2. The molecule has 0 N–H and O–H groups in total. The third-order valence-corrected chi connectivity index (χ3v) is 3.53. The number of carbonyl (C=O) groups is 1. The third-order valence-electron chi connectivity index (χ3n) is 3.53. The number of hydrogen-bond acceptors (Lipinski definition) is 4. The van der Waals surface area contributed by atoms with E-state index in [4.69, 9.17) is 4.74 Å². The Morgan fingerprint density at radius 2 is 1.92 bits per heavy atom. The van der Waals surface area contributed by atoms with Crippen LogP contribution < -0.4 is 0 Å². The van der Waals surface area contributed by atoms with E-state index in [1.54, 1.807) is 12.3 Å². The second-order valence-electron chi connectivity index (χ2n) is 5.25. The Labute approximate surface area is 141 Å². The zero-order valence-electron chi connectivity index (χ0n) is 13.6. The number of ether oxygens (including phenoxy) is 1. The number of rotatable bonds is 8. The molecular formula is C19H20N2O3. The van der Waals surface area contributed by atoms with Gasteiger partial charge in [-0.1, -0.05) is 36.4 Å². The summed E-state index contributed by atoms with van der Waals surface area (Å²) in [6.07, 6.45) is 2.20. The lowest BCUT2D eigenvalue weighted by Gasteiger charge is -2.23. The van der Waals surface area contributed by atoms with Crippen LogP contribution in [0.25, 0.3) is 0 Å². The second kappa shape index (κ2) is 9.40. The second-order valence-corrected chi connectivity index (χ2v) is 5.25. The maximum Gasteiger partial charge on any atom is 0.229 e. The summed E-state index contributed by atoms with van der Waals surface area (Å²) in [5, 5.41) is 0. The lowest BCUT2D eigenvalue weighted by atomic mass is 10.1. The van der Waals surface area contributed by atoms with Gasteiger partial charge in [0.1, 0.15) is 11.6 Å². The summed E-state index contributed by atoms with van der Waals surface area (Å²) in [6, 6.07) is 15.0. The first-order chi connectivity index (χ1) is 11.7. The molecule has 0 spiro atoms. The molecule has 5 heteroatoms. The molecule has 0 fully saturated rings. The van der Waals surface area contributed by atoms with Crippen molar-refractivity contribution < 1.29 is 14.3 Å². The van der Waals surface area contributed by atoms with Crippen molar-refractivity contribution in [2.24, 2.45) is 0 Å². The Hall–Kier alpha value is -2.75. The van der Waals surface area contributed by atoms with Crippen LogP contribution in [0.4, 0.5) is 0 Å². The first-order valence-corrected chi connectivity index (χ1v) is 7.71. The minimum absolute atomic E-state index is 0.184. The molecule has 1 aromatic heterocycles. The molecule has 24 heavy (non-hydrogen) atoms. The van der Waals surface area contributed by atoms with Gasteiger partial charge in [-0.3, -0.25) is 14.7 Å². The molecule has 0 aliphatic heterocycles. The zero-order valence-corrected chi connectivity index (χ0v) is 13.6. The average molecular weight is 324 g/mol. The van der Waals surface area contributed by atoms with Gasteiger partial charge in [0.15, 0.2) is 0 Å². The Morgan fingerprint density at radius 3 is 2.54 bits per heavy atom. The molecule has 1 aromatic carbocycles. The predicted molar refractivity (Wildman–Crippen MR) is 90.6 cm³/mol. The molecule has 0 saturated heterocycles. The molecule has 0 atom stereocenters. The van der Waals surface area contributed by atoms with Crippen LogP contribution in [0.5, 0.6) is 0 Å². The van der Waals surface area contributed by atoms with Crippen LogP contribution in [0.2, 0.25) is 0 Å². The normalized spacial score (nSPS) is 10.0. The molecule has 0 unspecified atom stereocenters. The molecule has 2 rings (SSSR count). The van der Waals surface area contributed by atoms with Crippen LogP contribution in [0.15, 0.2) is 60.4 Å². The van der Waals surface area contributed by atoms with Gasteiger partial charge in [0.25, 0.3) is 0 Å². The van der Waals surface area contributed by atoms with E-state index in [0.717, 1.165) is 5.56 Å². The van der Waals surface area contributed by atoms with Crippen molar-refractivity contribution in [3.05, 3.63) is 71.7 Å². The van der Waals surface area contributed by atoms with E-state index >= 15 is 0 Å². The number of benzene rings is 1. The summed E-state index contributed by atoms with van der Waals surface area (Å²) >= 11 is 0. The summed E-state index contributed by atoms with van der Waals surface area (Å²) in [6.45, 7) is 0.538. The largest absolute Gasteiger partial charge is 0.384 e. The smallest absolute Gasteiger partial charge is 0.229 e. The van der Waals surface area contributed by atoms with Crippen molar-refractivity contribution in [3.63, 3.8) is 0 Å². The van der Waals surface area contributed by atoms with Gasteiger partial charge in [-0.15, -0.1) is 0 Å². The molecule has 0 bridgehead atoms. The predicted octanol–water partition coefficient (Wildman–Crippen LogP) is 2.40. The summed E-state index contributed by atoms with van der Waals surface area (Å²) in [5.74, 6) is 1.75. The number of allylic oxidation sites excluding steroid dienone is 1. The van der Waals surface area contributed by atoms with Gasteiger partial charge in [0, 0.05) is 19.7 Å². The fourth-order valence-corrected chi connectivity index (χ4v) is 2.29. The van der Waals surface area contributed by atoms with Crippen LogP contribution in [-0.2, 0) is 27.3 Å². The quantitative estimate of drug-likeness (QED) is 0.700. The van der Waals surface area contributed by atoms with Crippen molar-refractivity contribution in [3.8, 4) is 0 Å². The van der Waals surface area contributed by atoms with E-state index < -0.39 is 0 Å². The number of aromatic nitrogens is 1. The van der Waals surface area contributed by atoms with E-state index in [-0.39, 0.29) is 18.9 Å². The van der Waals surface area contributed by atoms with Gasteiger partial charge in [0.05, 0.1) is 25.3 Å². The number of pyridine rings is 1. The third kappa shape index (κ3) is 5.16. The van der Waals surface area contributed by atoms with Crippen molar-refractivity contribution >= 4 is 11.8 Å². The fraction of sp³-hybridized carbons (Fsp3) is 0.263. The molecule has 0 aliphatic rings. The minimum atomic E-state index is -0.184. The van der Waals surface area contributed by atoms with Gasteiger partial charge in [-0.2, -0.15) is 0 Å². The Balaban J connectivity index is 2.22. The Kier molecular flexibility index (Phi) is 6.90. The minimum Gasteiger partial charge on any atom is -0.384 e. The maximum absolute atomic E-state index is 12.5. The van der Waals surface area contributed by atoms with Crippen LogP contribution in [0.3, 0.4) is 0 Å². The number of hydrogen-bond donors (Lipinski definition) is 0. The first-order valence-electron chi connectivity index (χ1n) is 7.71. The number of nitrogens with zero attached hydrogens (tertiary/aromatic N) is 2. The molecule has 5 nitrogen and oxygen atoms in total. The van der Waals surface area contributed by atoms with Crippen LogP contribution in [0.1, 0.15) is 17.7 Å². The van der Waals surface area contributed by atoms with Crippen molar-refractivity contribution in [1.29, 1.82) is 0 Å². The molecule has 1 heterocycles. The van der Waals surface area contributed by atoms with Gasteiger partial charge in [0.2, 0.25) is 5.91 Å². The Bertz CT molecular complexity index is 695. The van der Waals surface area contributed by atoms with Crippen molar-refractivity contribution in [2.75, 3.05) is 13.7 Å². The number of amides is 1. The van der Waals surface area contributed by atoms with E-state index in [0.29, 0.717) is 24.4 Å². The Morgan fingerprint density at radius 1 is 1.17 bits per heavy atom. The molecular weight excluding hydrogens is 304 g/mol. The topological polar surface area (TPSA) is 59.5 Å². The standard InChI is InChI=1S/C19H20N2O3/c1-24-12-10-19(23)21(14-17-9-5-6-11-20-17)18(15-22)13-16-7-3-2-4-8-16/h2-9,11H,10,12-14H2,1H3. The van der Waals surface area contributed by atoms with Gasteiger partial charge in [-0.25, -0.2) is 4.79 Å². The fourth-order valence-electron chi connectivity index (χ4n) is 2.29. The van der Waals surface area contributed by atoms with Gasteiger partial charge in [-0.05, 0) is 17.7 Å². The molecule has 1 amide bonds. The highest BCUT2D eigenvalue weighted by molar-refractivity contribution is 5.80. The summed E-state index contributed by atoms with van der Waals surface area (Å²) in [4.78, 5) is 29.7. The molecule has 0 aliphatic carbocycles. The van der Waals surface area contributed by atoms with E-state index in [1.165, 1.54) is 12.0 Å². The first kappa shape index (κ1) is 17.6. The SMILES string of the molecule is COCCC(=O)N(Cc1ccccn1)C(=C=O)Cc1ccccc1. The number of carbonyl (C=O) groups excluding carboxylic acids is 2. The lowest BCUT2D eigenvalue weighted by Crippen LogP contribution is -2.32. The van der Waals surface area contributed by atoms with Gasteiger partial charge >= 0.3 is 0 Å². The average Bonchev–Trinajstić information content (AvgIpc) is 2.64. The summed E-state index contributed by atoms with van der Waals surface area (Å²) in [5.41, 5.74) is 1.96. The maximum atomic E-state index is 12.5. The highest BCUT2D eigenvalue weighted by Gasteiger charge is 2.20. The molecule has 0 radical (unpaired) electrons. The van der Waals surface area contributed by atoms with E-state index in [9.17, 15) is 9.59 Å². The lowest BCUT2D eigenvalue weighted by molar-refractivity contribution is -0.130. The van der Waals surface area contributed by atoms with E-state index in [1.807, 2.05) is 48.4 Å². The van der Waals surface area contributed by atoms with Crippen LogP contribution >= 0.6 is 0 Å². The van der Waals surface area contributed by atoms with Crippen LogP contribution in [0, 0.1) is 0 Å². The molecule has 124 valence electrons. The van der Waals surface area contributed by atoms with Crippen LogP contribution in [-0.4, -0.2) is 35.4 Å². The number of methoxy groups -OCH3 is 1. The van der Waals surface area contributed by atoms with E-state index in [2.05, 4.69) is 4.98 Å². The van der Waals surface area contributed by atoms with Crippen molar-refractivity contribution in [1.82, 2.24) is 9.88 Å². The van der Waals surface area contributed by atoms with Gasteiger partial charge < -0.3 is 4.74 Å². The summed E-state index contributed by atoms with van der Waals surface area (Å²) < 4.78 is 4.97. The highest BCUT2D eigenvalue weighted by atomic mass is 16.5. The van der Waals surface area contributed by atoms with Crippen molar-refractivity contribution in [2.45, 2.75) is 19.4 Å². The molecule has 0 saturated carbocycles.